The number of aliphatic hydroxyl groups excluding tert-OH is 1. The molecule has 1 aromatic heterocycles. The second kappa shape index (κ2) is 11.5. The number of fused-ring (bicyclic) bond motifs is 3. The minimum absolute atomic E-state index is 0.0926. The van der Waals surface area contributed by atoms with Gasteiger partial charge >= 0.3 is 12.2 Å². The standard InChI is InChI=1S/C28H27F3N4O5/c29-28(30,31)16-4-6-17(7-5-16)34-27(38)35-18-8-9-23-21(11-18)22-12-20(39-24(15-36)26(22)40-23)13-25(37)33-14-19-3-1-2-10-32-19/h1-11,20,22,24,26,36H,12-15H2,(H,33,37)(H2,34,35,38)/t20-,22+,24-,26-/m1/s1. The Morgan fingerprint density at radius 3 is 2.48 bits per heavy atom. The SMILES string of the molecule is O=C(C[C@H]1C[C@H]2c3cc(NC(=O)Nc4ccc(C(F)(F)F)cc4)ccc3O[C@H]2[C@@H](CO)O1)NCc1ccccn1. The van der Waals surface area contributed by atoms with Crippen LogP contribution < -0.4 is 20.7 Å². The number of amides is 3. The zero-order valence-electron chi connectivity index (χ0n) is 21.1. The summed E-state index contributed by atoms with van der Waals surface area (Å²) in [6.07, 6.45) is -3.81. The molecule has 0 spiro atoms. The Bertz CT molecular complexity index is 1350. The summed E-state index contributed by atoms with van der Waals surface area (Å²) in [5.41, 5.74) is 1.37. The number of hydrogen-bond acceptors (Lipinski definition) is 6. The molecule has 1 fully saturated rings. The number of rotatable bonds is 7. The second-order valence-electron chi connectivity index (χ2n) is 9.61. The first-order valence-electron chi connectivity index (χ1n) is 12.7. The molecule has 0 bridgehead atoms. The van der Waals surface area contributed by atoms with Crippen molar-refractivity contribution in [2.75, 3.05) is 17.2 Å². The summed E-state index contributed by atoms with van der Waals surface area (Å²) in [6, 6.07) is 14.0. The van der Waals surface area contributed by atoms with Gasteiger partial charge in [0.1, 0.15) is 18.0 Å². The summed E-state index contributed by atoms with van der Waals surface area (Å²) in [7, 11) is 0. The minimum atomic E-state index is -4.47. The number of pyridine rings is 1. The number of hydrogen-bond donors (Lipinski definition) is 4. The molecular weight excluding hydrogens is 529 g/mol. The van der Waals surface area contributed by atoms with Crippen molar-refractivity contribution in [2.45, 2.75) is 49.8 Å². The van der Waals surface area contributed by atoms with Gasteiger partial charge in [-0.25, -0.2) is 4.79 Å². The Morgan fingerprint density at radius 1 is 1.02 bits per heavy atom. The first-order chi connectivity index (χ1) is 19.2. The molecule has 0 saturated carbocycles. The molecule has 3 amide bonds. The van der Waals surface area contributed by atoms with E-state index in [0.717, 1.165) is 23.4 Å². The Hall–Kier alpha value is -4.16. The molecule has 2 aliphatic rings. The quantitative estimate of drug-likeness (QED) is 0.341. The molecule has 0 radical (unpaired) electrons. The second-order valence-corrected chi connectivity index (χ2v) is 9.61. The number of aromatic nitrogens is 1. The molecular formula is C28H27F3N4O5. The van der Waals surface area contributed by atoms with Crippen molar-refractivity contribution in [3.63, 3.8) is 0 Å². The lowest BCUT2D eigenvalue weighted by Gasteiger charge is -2.37. The Kier molecular flexibility index (Phi) is 7.90. The monoisotopic (exact) mass is 556 g/mol. The van der Waals surface area contributed by atoms with E-state index >= 15 is 0 Å². The number of carbonyl (C=O) groups excluding carboxylic acids is 2. The van der Waals surface area contributed by atoms with Crippen molar-refractivity contribution in [1.82, 2.24) is 10.3 Å². The van der Waals surface area contributed by atoms with Crippen LogP contribution in [0.2, 0.25) is 0 Å². The van der Waals surface area contributed by atoms with E-state index < -0.39 is 36.1 Å². The van der Waals surface area contributed by atoms with Gasteiger partial charge in [-0.2, -0.15) is 13.2 Å². The van der Waals surface area contributed by atoms with Crippen molar-refractivity contribution in [3.05, 3.63) is 83.7 Å². The van der Waals surface area contributed by atoms with Crippen LogP contribution >= 0.6 is 0 Å². The van der Waals surface area contributed by atoms with Gasteiger partial charge in [0.2, 0.25) is 5.91 Å². The summed E-state index contributed by atoms with van der Waals surface area (Å²) < 4.78 is 50.4. The van der Waals surface area contributed by atoms with E-state index in [0.29, 0.717) is 17.9 Å². The lowest BCUT2D eigenvalue weighted by Crippen LogP contribution is -2.47. The van der Waals surface area contributed by atoms with Gasteiger partial charge < -0.3 is 30.5 Å². The molecule has 3 heterocycles. The highest BCUT2D eigenvalue weighted by atomic mass is 19.4. The van der Waals surface area contributed by atoms with Crippen LogP contribution in [0.5, 0.6) is 5.75 Å². The van der Waals surface area contributed by atoms with Gasteiger partial charge in [-0.15, -0.1) is 0 Å². The van der Waals surface area contributed by atoms with Gasteiger partial charge in [-0.05, 0) is 61.0 Å². The Morgan fingerprint density at radius 2 is 1.77 bits per heavy atom. The van der Waals surface area contributed by atoms with E-state index in [4.69, 9.17) is 9.47 Å². The maximum atomic E-state index is 12.8. The molecule has 4 atom stereocenters. The fraction of sp³-hybridized carbons (Fsp3) is 0.321. The van der Waals surface area contributed by atoms with Crippen molar-refractivity contribution >= 4 is 23.3 Å². The number of benzene rings is 2. The lowest BCUT2D eigenvalue weighted by atomic mass is 9.84. The van der Waals surface area contributed by atoms with Crippen molar-refractivity contribution in [1.29, 1.82) is 0 Å². The summed E-state index contributed by atoms with van der Waals surface area (Å²) in [5.74, 6) is 0.195. The average molecular weight is 557 g/mol. The van der Waals surface area contributed by atoms with Crippen LogP contribution in [0.3, 0.4) is 0 Å². The zero-order valence-corrected chi connectivity index (χ0v) is 21.1. The van der Waals surface area contributed by atoms with Gasteiger partial charge in [0, 0.05) is 29.1 Å². The van der Waals surface area contributed by atoms with E-state index in [1.807, 2.05) is 12.1 Å². The predicted octanol–water partition coefficient (Wildman–Crippen LogP) is 4.45. The van der Waals surface area contributed by atoms with E-state index in [1.165, 1.54) is 12.1 Å². The molecule has 9 nitrogen and oxygen atoms in total. The van der Waals surface area contributed by atoms with Gasteiger partial charge in [0.05, 0.1) is 36.9 Å². The summed E-state index contributed by atoms with van der Waals surface area (Å²) >= 11 is 0. The molecule has 2 aromatic carbocycles. The molecule has 4 N–H and O–H groups in total. The summed E-state index contributed by atoms with van der Waals surface area (Å²) in [6.45, 7) is -0.000756. The third-order valence-electron chi connectivity index (χ3n) is 6.83. The largest absolute Gasteiger partial charge is 0.487 e. The highest BCUT2D eigenvalue weighted by molar-refractivity contribution is 5.99. The van der Waals surface area contributed by atoms with Crippen molar-refractivity contribution in [2.24, 2.45) is 0 Å². The van der Waals surface area contributed by atoms with Crippen molar-refractivity contribution < 1.29 is 37.3 Å². The highest BCUT2D eigenvalue weighted by Crippen LogP contribution is 2.47. The number of ether oxygens (including phenoxy) is 2. The number of carbonyl (C=O) groups is 2. The minimum Gasteiger partial charge on any atom is -0.487 e. The number of anilines is 2. The smallest absolute Gasteiger partial charge is 0.416 e. The fourth-order valence-corrected chi connectivity index (χ4v) is 4.97. The first-order valence-corrected chi connectivity index (χ1v) is 12.7. The van der Waals surface area contributed by atoms with Gasteiger partial charge in [-0.1, -0.05) is 6.07 Å². The first kappa shape index (κ1) is 27.4. The van der Waals surface area contributed by atoms with E-state index in [-0.39, 0.29) is 37.1 Å². The number of alkyl halides is 3. The predicted molar refractivity (Wildman–Crippen MR) is 139 cm³/mol. The average Bonchev–Trinajstić information content (AvgIpc) is 3.30. The number of aliphatic hydroxyl groups is 1. The van der Waals surface area contributed by atoms with Crippen molar-refractivity contribution in [3.8, 4) is 5.75 Å². The number of nitrogens with one attached hydrogen (secondary N) is 3. The van der Waals surface area contributed by atoms with Gasteiger partial charge in [0.15, 0.2) is 0 Å². The van der Waals surface area contributed by atoms with Crippen LogP contribution in [-0.4, -0.2) is 46.9 Å². The van der Waals surface area contributed by atoms with Crippen LogP contribution in [0.25, 0.3) is 0 Å². The lowest BCUT2D eigenvalue weighted by molar-refractivity contribution is -0.142. The molecule has 2 aliphatic heterocycles. The van der Waals surface area contributed by atoms with E-state index in [1.54, 1.807) is 30.5 Å². The molecule has 210 valence electrons. The fourth-order valence-electron chi connectivity index (χ4n) is 4.97. The maximum absolute atomic E-state index is 12.8. The van der Waals surface area contributed by atoms with Gasteiger partial charge in [-0.3, -0.25) is 9.78 Å². The zero-order chi connectivity index (χ0) is 28.3. The maximum Gasteiger partial charge on any atom is 0.416 e. The Balaban J connectivity index is 1.22. The third kappa shape index (κ3) is 6.35. The van der Waals surface area contributed by atoms with E-state index in [9.17, 15) is 27.9 Å². The normalized spacial score (nSPS) is 21.5. The topological polar surface area (TPSA) is 122 Å². The molecule has 0 unspecified atom stereocenters. The number of halogens is 3. The van der Waals surface area contributed by atoms with Crippen LogP contribution in [-0.2, 0) is 22.3 Å². The highest BCUT2D eigenvalue weighted by Gasteiger charge is 2.46. The number of nitrogens with zero attached hydrogens (tertiary/aromatic N) is 1. The third-order valence-corrected chi connectivity index (χ3v) is 6.83. The van der Waals surface area contributed by atoms with Crippen LogP contribution in [0.1, 0.15) is 35.6 Å². The molecule has 3 aromatic rings. The molecule has 40 heavy (non-hydrogen) atoms. The molecule has 5 rings (SSSR count). The van der Waals surface area contributed by atoms with Crippen LogP contribution in [0.4, 0.5) is 29.3 Å². The molecule has 12 heteroatoms. The van der Waals surface area contributed by atoms with Crippen LogP contribution in [0, 0.1) is 0 Å². The molecule has 1 saturated heterocycles. The molecule has 0 aliphatic carbocycles. The van der Waals surface area contributed by atoms with Crippen LogP contribution in [0.15, 0.2) is 66.9 Å². The van der Waals surface area contributed by atoms with Gasteiger partial charge in [0.25, 0.3) is 0 Å². The Labute approximate surface area is 227 Å². The number of urea groups is 1. The van der Waals surface area contributed by atoms with E-state index in [2.05, 4.69) is 20.9 Å². The summed E-state index contributed by atoms with van der Waals surface area (Å²) in [4.78, 5) is 29.3. The summed E-state index contributed by atoms with van der Waals surface area (Å²) in [5, 5.41) is 18.0.